The highest BCUT2D eigenvalue weighted by Gasteiger charge is 2.20. The van der Waals surface area contributed by atoms with Crippen LogP contribution in [0.3, 0.4) is 0 Å². The minimum Gasteiger partial charge on any atom is -0.393 e. The Labute approximate surface area is 112 Å². The smallest absolute Gasteiger partial charge is 0.314 e. The van der Waals surface area contributed by atoms with E-state index in [4.69, 9.17) is 0 Å². The lowest BCUT2D eigenvalue weighted by molar-refractivity contribution is 0.159. The van der Waals surface area contributed by atoms with Gasteiger partial charge in [-0.1, -0.05) is 34.6 Å². The average molecular weight is 258 g/mol. The maximum Gasteiger partial charge on any atom is 0.314 e. The normalized spacial score (nSPS) is 13.5. The van der Waals surface area contributed by atoms with Gasteiger partial charge in [-0.25, -0.2) is 4.79 Å². The maximum atomic E-state index is 11.5. The van der Waals surface area contributed by atoms with Crippen LogP contribution in [-0.4, -0.2) is 30.3 Å². The Hall–Kier alpha value is -0.770. The van der Waals surface area contributed by atoms with Crippen LogP contribution in [0.25, 0.3) is 0 Å². The number of urea groups is 1. The van der Waals surface area contributed by atoms with Crippen LogP contribution < -0.4 is 10.6 Å². The lowest BCUT2D eigenvalue weighted by Gasteiger charge is -2.27. The zero-order valence-corrected chi connectivity index (χ0v) is 12.5. The Balaban J connectivity index is 3.76. The Morgan fingerprint density at radius 2 is 1.89 bits per heavy atom. The van der Waals surface area contributed by atoms with Gasteiger partial charge in [0.05, 0.1) is 6.10 Å². The summed E-state index contributed by atoms with van der Waals surface area (Å²) >= 11 is 0. The van der Waals surface area contributed by atoms with Crippen molar-refractivity contribution in [1.29, 1.82) is 0 Å². The topological polar surface area (TPSA) is 61.4 Å². The molecule has 0 fully saturated rings. The quantitative estimate of drug-likeness (QED) is 0.626. The number of rotatable bonds is 8. The zero-order chi connectivity index (χ0) is 14.2. The van der Waals surface area contributed by atoms with Crippen molar-refractivity contribution in [2.45, 2.75) is 60.0 Å². The van der Waals surface area contributed by atoms with E-state index in [1.165, 1.54) is 0 Å². The van der Waals surface area contributed by atoms with Crippen LogP contribution in [0.1, 0.15) is 53.9 Å². The van der Waals surface area contributed by atoms with Crippen molar-refractivity contribution >= 4 is 6.03 Å². The first-order chi connectivity index (χ1) is 8.26. The Morgan fingerprint density at radius 1 is 1.28 bits per heavy atom. The molecule has 0 radical (unpaired) electrons. The van der Waals surface area contributed by atoms with E-state index >= 15 is 0 Å². The van der Waals surface area contributed by atoms with E-state index in [2.05, 4.69) is 38.3 Å². The Bertz CT molecular complexity index is 240. The highest BCUT2D eigenvalue weighted by molar-refractivity contribution is 5.73. The van der Waals surface area contributed by atoms with E-state index in [-0.39, 0.29) is 17.6 Å². The van der Waals surface area contributed by atoms with Crippen molar-refractivity contribution in [2.75, 3.05) is 13.1 Å². The first-order valence-electron chi connectivity index (χ1n) is 6.96. The van der Waals surface area contributed by atoms with E-state index in [9.17, 15) is 9.90 Å². The molecule has 0 saturated heterocycles. The van der Waals surface area contributed by atoms with Gasteiger partial charge in [-0.3, -0.25) is 0 Å². The van der Waals surface area contributed by atoms with E-state index in [0.717, 1.165) is 12.8 Å². The maximum absolute atomic E-state index is 11.5. The summed E-state index contributed by atoms with van der Waals surface area (Å²) < 4.78 is 0. The highest BCUT2D eigenvalue weighted by atomic mass is 16.3. The number of nitrogens with one attached hydrogen (secondary N) is 2. The number of carbonyl (C=O) groups is 1. The third-order valence-corrected chi connectivity index (χ3v) is 2.92. The molecule has 4 nitrogen and oxygen atoms in total. The summed E-state index contributed by atoms with van der Waals surface area (Å²) in [6, 6.07) is -0.143. The van der Waals surface area contributed by atoms with Gasteiger partial charge in [-0.05, 0) is 30.6 Å². The molecule has 0 aliphatic carbocycles. The molecule has 1 unspecified atom stereocenters. The third-order valence-electron chi connectivity index (χ3n) is 2.92. The summed E-state index contributed by atoms with van der Waals surface area (Å²) in [6.45, 7) is 11.8. The molecule has 2 amide bonds. The summed E-state index contributed by atoms with van der Waals surface area (Å²) in [4.78, 5) is 11.5. The molecular weight excluding hydrogens is 228 g/mol. The van der Waals surface area contributed by atoms with Gasteiger partial charge in [-0.15, -0.1) is 0 Å². The van der Waals surface area contributed by atoms with Crippen molar-refractivity contribution < 1.29 is 9.90 Å². The standard InChI is InChI=1S/C14H30N2O2/c1-6-12(17)7-8-15-13(18)16-10-14(4,5)9-11(2)3/h11-12,17H,6-10H2,1-5H3,(H2,15,16,18). The summed E-state index contributed by atoms with van der Waals surface area (Å²) in [5.41, 5.74) is 0.119. The molecule has 0 aromatic carbocycles. The molecule has 0 aliphatic heterocycles. The number of hydrogen-bond acceptors (Lipinski definition) is 2. The minimum absolute atomic E-state index is 0.119. The lowest BCUT2D eigenvalue weighted by Crippen LogP contribution is -2.41. The van der Waals surface area contributed by atoms with Gasteiger partial charge in [0.1, 0.15) is 0 Å². The van der Waals surface area contributed by atoms with Crippen LogP contribution in [0.4, 0.5) is 4.79 Å². The van der Waals surface area contributed by atoms with E-state index < -0.39 is 0 Å². The van der Waals surface area contributed by atoms with Gasteiger partial charge in [0.2, 0.25) is 0 Å². The van der Waals surface area contributed by atoms with Crippen LogP contribution in [0.15, 0.2) is 0 Å². The monoisotopic (exact) mass is 258 g/mol. The van der Waals surface area contributed by atoms with Gasteiger partial charge in [0.15, 0.2) is 0 Å². The minimum atomic E-state index is -0.317. The zero-order valence-electron chi connectivity index (χ0n) is 12.5. The van der Waals surface area contributed by atoms with Crippen molar-refractivity contribution in [3.63, 3.8) is 0 Å². The molecule has 0 saturated carbocycles. The molecule has 0 spiro atoms. The molecule has 0 rings (SSSR count). The second kappa shape index (κ2) is 8.35. The largest absolute Gasteiger partial charge is 0.393 e. The van der Waals surface area contributed by atoms with Gasteiger partial charge in [-0.2, -0.15) is 0 Å². The van der Waals surface area contributed by atoms with Crippen molar-refractivity contribution in [3.8, 4) is 0 Å². The fourth-order valence-electron chi connectivity index (χ4n) is 2.12. The number of aliphatic hydroxyl groups excluding tert-OH is 1. The molecule has 3 N–H and O–H groups in total. The molecule has 0 heterocycles. The molecule has 18 heavy (non-hydrogen) atoms. The van der Waals surface area contributed by atoms with Crippen LogP contribution in [0.5, 0.6) is 0 Å². The predicted octanol–water partition coefficient (Wildman–Crippen LogP) is 2.52. The van der Waals surface area contributed by atoms with Crippen molar-refractivity contribution in [2.24, 2.45) is 11.3 Å². The summed E-state index contributed by atoms with van der Waals surface area (Å²) in [5, 5.41) is 15.0. The second-order valence-electron chi connectivity index (χ2n) is 6.22. The first kappa shape index (κ1) is 17.2. The van der Waals surface area contributed by atoms with E-state index in [0.29, 0.717) is 25.4 Å². The van der Waals surface area contributed by atoms with Gasteiger partial charge >= 0.3 is 6.03 Å². The van der Waals surface area contributed by atoms with Gasteiger partial charge in [0.25, 0.3) is 0 Å². The number of hydrogen-bond donors (Lipinski definition) is 3. The van der Waals surface area contributed by atoms with E-state index in [1.54, 1.807) is 0 Å². The van der Waals surface area contributed by atoms with Crippen LogP contribution in [0.2, 0.25) is 0 Å². The summed E-state index contributed by atoms with van der Waals surface area (Å²) in [5.74, 6) is 0.629. The molecule has 4 heteroatoms. The summed E-state index contributed by atoms with van der Waals surface area (Å²) in [7, 11) is 0. The molecule has 0 aliphatic rings. The van der Waals surface area contributed by atoms with Gasteiger partial charge in [0, 0.05) is 13.1 Å². The van der Waals surface area contributed by atoms with Crippen molar-refractivity contribution in [1.82, 2.24) is 10.6 Å². The Kier molecular flexibility index (Phi) is 8.00. The Morgan fingerprint density at radius 3 is 2.39 bits per heavy atom. The average Bonchev–Trinajstić information content (AvgIpc) is 2.24. The SMILES string of the molecule is CCC(O)CCNC(=O)NCC(C)(C)CC(C)C. The van der Waals surface area contributed by atoms with Crippen LogP contribution in [0, 0.1) is 11.3 Å². The number of aliphatic hydroxyl groups is 1. The van der Waals surface area contributed by atoms with Crippen LogP contribution in [-0.2, 0) is 0 Å². The van der Waals surface area contributed by atoms with Gasteiger partial charge < -0.3 is 15.7 Å². The lowest BCUT2D eigenvalue weighted by atomic mass is 9.84. The molecule has 0 aromatic rings. The molecular formula is C14H30N2O2. The molecule has 108 valence electrons. The van der Waals surface area contributed by atoms with Crippen LogP contribution >= 0.6 is 0 Å². The van der Waals surface area contributed by atoms with Crippen molar-refractivity contribution in [3.05, 3.63) is 0 Å². The molecule has 0 aromatic heterocycles. The molecule has 0 bridgehead atoms. The fourth-order valence-corrected chi connectivity index (χ4v) is 2.12. The highest BCUT2D eigenvalue weighted by Crippen LogP contribution is 2.23. The second-order valence-corrected chi connectivity index (χ2v) is 6.22. The fraction of sp³-hybridized carbons (Fsp3) is 0.929. The predicted molar refractivity (Wildman–Crippen MR) is 75.6 cm³/mol. The molecule has 1 atom stereocenters. The third kappa shape index (κ3) is 9.28. The van der Waals surface area contributed by atoms with E-state index in [1.807, 2.05) is 6.92 Å². The number of carbonyl (C=O) groups excluding carboxylic acids is 1. The number of amides is 2. The summed E-state index contributed by atoms with van der Waals surface area (Å²) in [6.07, 6.45) is 2.11. The first-order valence-corrected chi connectivity index (χ1v) is 6.96.